The maximum Gasteiger partial charge on any atom is 0.228 e. The number of unbranched alkanes of at least 4 members (excludes halogenated alkanes) is 1. The van der Waals surface area contributed by atoms with Crippen molar-refractivity contribution in [3.63, 3.8) is 0 Å². The smallest absolute Gasteiger partial charge is 0.228 e. The lowest BCUT2D eigenvalue weighted by Crippen LogP contribution is -2.03. The molecule has 84 valence electrons. The fraction of sp³-hybridized carbons (Fsp3) is 0.385. The third-order valence-corrected chi connectivity index (χ3v) is 2.81. The number of anilines is 1. The predicted octanol–water partition coefficient (Wildman–Crippen LogP) is 2.55. The van der Waals surface area contributed by atoms with Crippen LogP contribution in [0.4, 0.5) is 5.69 Å². The quantitative estimate of drug-likeness (QED) is 0.788. The van der Waals surface area contributed by atoms with Crippen molar-refractivity contribution >= 4 is 17.4 Å². The molecule has 1 N–H and O–H groups in total. The van der Waals surface area contributed by atoms with E-state index in [0.29, 0.717) is 12.8 Å². The molecule has 0 saturated carbocycles. The zero-order chi connectivity index (χ0) is 11.5. The molecular formula is C13H15NO2. The van der Waals surface area contributed by atoms with Gasteiger partial charge in [-0.15, -0.1) is 0 Å². The minimum absolute atomic E-state index is 0.00755. The van der Waals surface area contributed by atoms with E-state index < -0.39 is 0 Å². The van der Waals surface area contributed by atoms with Crippen LogP contribution < -0.4 is 5.32 Å². The van der Waals surface area contributed by atoms with Crippen molar-refractivity contribution < 1.29 is 9.59 Å². The van der Waals surface area contributed by atoms with Crippen LogP contribution in [0.25, 0.3) is 0 Å². The van der Waals surface area contributed by atoms with Crippen LogP contribution in [0.1, 0.15) is 42.1 Å². The first-order valence-corrected chi connectivity index (χ1v) is 5.66. The first-order chi connectivity index (χ1) is 7.70. The predicted molar refractivity (Wildman–Crippen MR) is 62.6 cm³/mol. The van der Waals surface area contributed by atoms with E-state index in [4.69, 9.17) is 0 Å². The van der Waals surface area contributed by atoms with Gasteiger partial charge in [-0.25, -0.2) is 0 Å². The van der Waals surface area contributed by atoms with Crippen molar-refractivity contribution in [1.82, 2.24) is 0 Å². The summed E-state index contributed by atoms with van der Waals surface area (Å²) in [4.78, 5) is 22.9. The summed E-state index contributed by atoms with van der Waals surface area (Å²) >= 11 is 0. The van der Waals surface area contributed by atoms with Crippen LogP contribution in [-0.4, -0.2) is 11.7 Å². The number of hydrogen-bond acceptors (Lipinski definition) is 2. The molecule has 1 aliphatic heterocycles. The number of nitrogens with one attached hydrogen (secondary N) is 1. The average molecular weight is 217 g/mol. The molecule has 0 atom stereocenters. The number of carbonyl (C=O) groups excluding carboxylic acids is 2. The summed E-state index contributed by atoms with van der Waals surface area (Å²) < 4.78 is 0. The summed E-state index contributed by atoms with van der Waals surface area (Å²) in [5, 5.41) is 2.76. The van der Waals surface area contributed by atoms with Crippen LogP contribution >= 0.6 is 0 Å². The topological polar surface area (TPSA) is 46.2 Å². The summed E-state index contributed by atoms with van der Waals surface area (Å²) in [5.41, 5.74) is 2.51. The third kappa shape index (κ3) is 2.13. The monoisotopic (exact) mass is 217 g/mol. The Morgan fingerprint density at radius 3 is 3.00 bits per heavy atom. The Morgan fingerprint density at radius 2 is 2.25 bits per heavy atom. The Labute approximate surface area is 94.9 Å². The largest absolute Gasteiger partial charge is 0.326 e. The average Bonchev–Trinajstić information content (AvgIpc) is 2.64. The Morgan fingerprint density at radius 1 is 1.44 bits per heavy atom. The van der Waals surface area contributed by atoms with Crippen molar-refractivity contribution in [1.29, 1.82) is 0 Å². The van der Waals surface area contributed by atoms with Gasteiger partial charge in [0.05, 0.1) is 6.42 Å². The maximum absolute atomic E-state index is 11.8. The van der Waals surface area contributed by atoms with Crippen molar-refractivity contribution in [3.8, 4) is 0 Å². The number of benzene rings is 1. The number of Topliss-reactive ketones (excluding diaryl/α,β-unsaturated/α-hetero) is 1. The molecule has 3 nitrogen and oxygen atoms in total. The fourth-order valence-electron chi connectivity index (χ4n) is 1.88. The molecule has 0 aliphatic carbocycles. The molecule has 0 bridgehead atoms. The van der Waals surface area contributed by atoms with Crippen LogP contribution in [0.5, 0.6) is 0 Å². The van der Waals surface area contributed by atoms with Crippen molar-refractivity contribution in [2.24, 2.45) is 0 Å². The Hall–Kier alpha value is -1.64. The van der Waals surface area contributed by atoms with Crippen molar-refractivity contribution in [2.45, 2.75) is 32.6 Å². The van der Waals surface area contributed by atoms with Crippen LogP contribution in [0.15, 0.2) is 18.2 Å². The lowest BCUT2D eigenvalue weighted by atomic mass is 10.0. The minimum Gasteiger partial charge on any atom is -0.326 e. The van der Waals surface area contributed by atoms with Gasteiger partial charge >= 0.3 is 0 Å². The first-order valence-electron chi connectivity index (χ1n) is 5.66. The Kier molecular flexibility index (Phi) is 3.04. The zero-order valence-corrected chi connectivity index (χ0v) is 9.38. The minimum atomic E-state index is 0.00755. The highest BCUT2D eigenvalue weighted by atomic mass is 16.1. The Bertz CT molecular complexity index is 438. The van der Waals surface area contributed by atoms with Gasteiger partial charge in [0.1, 0.15) is 0 Å². The molecule has 3 heteroatoms. The number of amides is 1. The van der Waals surface area contributed by atoms with Gasteiger partial charge in [0.15, 0.2) is 5.78 Å². The summed E-state index contributed by atoms with van der Waals surface area (Å²) in [7, 11) is 0. The lowest BCUT2D eigenvalue weighted by molar-refractivity contribution is -0.115. The molecule has 1 aromatic carbocycles. The maximum atomic E-state index is 11.8. The van der Waals surface area contributed by atoms with E-state index in [1.807, 2.05) is 12.1 Å². The van der Waals surface area contributed by atoms with E-state index in [1.165, 1.54) is 0 Å². The van der Waals surface area contributed by atoms with Crippen molar-refractivity contribution in [3.05, 3.63) is 29.3 Å². The molecule has 0 saturated heterocycles. The van der Waals surface area contributed by atoms with Gasteiger partial charge in [0.25, 0.3) is 0 Å². The van der Waals surface area contributed by atoms with Gasteiger partial charge in [-0.3, -0.25) is 9.59 Å². The number of carbonyl (C=O) groups is 2. The van der Waals surface area contributed by atoms with Gasteiger partial charge in [0, 0.05) is 17.7 Å². The second-order valence-electron chi connectivity index (χ2n) is 4.12. The molecule has 0 fully saturated rings. The normalized spacial score (nSPS) is 13.4. The van der Waals surface area contributed by atoms with Gasteiger partial charge in [0.2, 0.25) is 5.91 Å². The van der Waals surface area contributed by atoms with E-state index in [9.17, 15) is 9.59 Å². The summed E-state index contributed by atoms with van der Waals surface area (Å²) in [6.45, 7) is 2.07. The van der Waals surface area contributed by atoms with E-state index in [-0.39, 0.29) is 11.7 Å². The highest BCUT2D eigenvalue weighted by Gasteiger charge is 2.18. The second kappa shape index (κ2) is 4.47. The summed E-state index contributed by atoms with van der Waals surface area (Å²) in [5.74, 6) is 0.178. The van der Waals surface area contributed by atoms with Gasteiger partial charge < -0.3 is 5.32 Å². The molecule has 1 aliphatic rings. The highest BCUT2D eigenvalue weighted by Crippen LogP contribution is 2.24. The number of fused-ring (bicyclic) bond motifs is 1. The lowest BCUT2D eigenvalue weighted by Gasteiger charge is -2.03. The van der Waals surface area contributed by atoms with Crippen LogP contribution in [-0.2, 0) is 11.2 Å². The van der Waals surface area contributed by atoms with Crippen LogP contribution in [0.2, 0.25) is 0 Å². The van der Waals surface area contributed by atoms with Crippen molar-refractivity contribution in [2.75, 3.05) is 5.32 Å². The molecule has 1 amide bonds. The van der Waals surface area contributed by atoms with E-state index in [0.717, 1.165) is 29.7 Å². The van der Waals surface area contributed by atoms with Gasteiger partial charge in [-0.05, 0) is 30.2 Å². The number of rotatable bonds is 4. The molecule has 0 spiro atoms. The first kappa shape index (κ1) is 10.9. The molecule has 0 radical (unpaired) electrons. The highest BCUT2D eigenvalue weighted by molar-refractivity contribution is 6.02. The molecule has 0 unspecified atom stereocenters. The molecule has 16 heavy (non-hydrogen) atoms. The van der Waals surface area contributed by atoms with Crippen LogP contribution in [0, 0.1) is 0 Å². The molecular weight excluding hydrogens is 202 g/mol. The van der Waals surface area contributed by atoms with Gasteiger partial charge in [-0.2, -0.15) is 0 Å². The number of hydrogen-bond donors (Lipinski definition) is 1. The van der Waals surface area contributed by atoms with E-state index in [2.05, 4.69) is 12.2 Å². The zero-order valence-electron chi connectivity index (χ0n) is 9.38. The second-order valence-corrected chi connectivity index (χ2v) is 4.12. The molecule has 2 rings (SSSR count). The van der Waals surface area contributed by atoms with E-state index >= 15 is 0 Å². The molecule has 1 heterocycles. The van der Waals surface area contributed by atoms with E-state index in [1.54, 1.807) is 6.07 Å². The molecule has 1 aromatic rings. The fourth-order valence-corrected chi connectivity index (χ4v) is 1.88. The van der Waals surface area contributed by atoms with Gasteiger partial charge in [-0.1, -0.05) is 13.3 Å². The summed E-state index contributed by atoms with van der Waals surface area (Å²) in [6.07, 6.45) is 2.94. The molecule has 0 aromatic heterocycles. The SMILES string of the molecule is CCCCC(=O)c1ccc2c(c1)CC(=O)N2. The standard InChI is InChI=1S/C13H15NO2/c1-2-3-4-12(15)9-5-6-11-10(7-9)8-13(16)14-11/h5-7H,2-4,8H2,1H3,(H,14,16). The number of ketones is 1. The van der Waals surface area contributed by atoms with Crippen LogP contribution in [0.3, 0.4) is 0 Å². The summed E-state index contributed by atoms with van der Waals surface area (Å²) in [6, 6.07) is 5.45. The third-order valence-electron chi connectivity index (χ3n) is 2.81. The Balaban J connectivity index is 2.16.